The summed E-state index contributed by atoms with van der Waals surface area (Å²) in [5.41, 5.74) is 2.31. The molecule has 3 rings (SSSR count). The van der Waals surface area contributed by atoms with Crippen LogP contribution in [-0.4, -0.2) is 42.5 Å². The molecule has 17 heavy (non-hydrogen) atoms. The zero-order valence-corrected chi connectivity index (χ0v) is 11.2. The average Bonchev–Trinajstić information content (AvgIpc) is 2.83. The average molecular weight is 267 g/mol. The van der Waals surface area contributed by atoms with Gasteiger partial charge in [0.15, 0.2) is 0 Å². The quantitative estimate of drug-likeness (QED) is 0.616. The molecule has 2 aromatic heterocycles. The zero-order chi connectivity index (χ0) is 11.7. The van der Waals surface area contributed by atoms with Crippen molar-refractivity contribution < 1.29 is 4.74 Å². The molecule has 1 saturated heterocycles. The largest absolute Gasteiger partial charge is 0.378 e. The van der Waals surface area contributed by atoms with Gasteiger partial charge in [-0.25, -0.2) is 9.97 Å². The number of thioether (sulfide) groups is 1. The van der Waals surface area contributed by atoms with Gasteiger partial charge in [-0.05, 0) is 6.26 Å². The van der Waals surface area contributed by atoms with Crippen molar-refractivity contribution in [2.24, 2.45) is 0 Å². The Bertz CT molecular complexity index is 522. The Balaban J connectivity index is 2.05. The van der Waals surface area contributed by atoms with Crippen molar-refractivity contribution >= 4 is 39.0 Å². The van der Waals surface area contributed by atoms with Gasteiger partial charge in [-0.15, -0.1) is 23.1 Å². The Morgan fingerprint density at radius 2 is 2.18 bits per heavy atom. The van der Waals surface area contributed by atoms with E-state index in [-0.39, 0.29) is 0 Å². The number of aromatic nitrogens is 2. The van der Waals surface area contributed by atoms with Crippen molar-refractivity contribution in [1.29, 1.82) is 0 Å². The van der Waals surface area contributed by atoms with Gasteiger partial charge in [0.25, 0.3) is 0 Å². The maximum absolute atomic E-state index is 5.38. The third-order valence-corrected chi connectivity index (χ3v) is 4.64. The molecule has 4 nitrogen and oxygen atoms in total. The Kier molecular flexibility index (Phi) is 3.17. The number of nitrogens with zero attached hydrogens (tertiary/aromatic N) is 3. The molecule has 0 aromatic carbocycles. The Hall–Kier alpha value is -0.850. The van der Waals surface area contributed by atoms with Crippen molar-refractivity contribution in [3.8, 4) is 0 Å². The summed E-state index contributed by atoms with van der Waals surface area (Å²) < 4.78 is 6.58. The first-order chi connectivity index (χ1) is 8.40. The minimum absolute atomic E-state index is 0.803. The molecule has 0 aliphatic carbocycles. The monoisotopic (exact) mass is 267 g/mol. The molecule has 0 N–H and O–H groups in total. The summed E-state index contributed by atoms with van der Waals surface area (Å²) in [5.74, 6) is 0. The van der Waals surface area contributed by atoms with Crippen LogP contribution in [0.2, 0.25) is 0 Å². The lowest BCUT2D eigenvalue weighted by Crippen LogP contribution is -2.36. The molecule has 0 atom stereocenters. The van der Waals surface area contributed by atoms with Gasteiger partial charge in [-0.2, -0.15) is 0 Å². The first-order valence-electron chi connectivity index (χ1n) is 5.49. The van der Waals surface area contributed by atoms with Gasteiger partial charge in [-0.1, -0.05) is 0 Å². The summed E-state index contributed by atoms with van der Waals surface area (Å²) >= 11 is 3.40. The van der Waals surface area contributed by atoms with Crippen molar-refractivity contribution in [1.82, 2.24) is 9.97 Å². The summed E-state index contributed by atoms with van der Waals surface area (Å²) in [6, 6.07) is 0. The first-order valence-corrected chi connectivity index (χ1v) is 7.59. The van der Waals surface area contributed by atoms with Crippen LogP contribution in [0.1, 0.15) is 0 Å². The van der Waals surface area contributed by atoms with Gasteiger partial charge in [0.2, 0.25) is 0 Å². The number of ether oxygens (including phenoxy) is 1. The lowest BCUT2D eigenvalue weighted by atomic mass is 10.3. The number of fused-ring (bicyclic) bond motifs is 1. The summed E-state index contributed by atoms with van der Waals surface area (Å²) in [4.78, 5) is 11.1. The molecule has 0 bridgehead atoms. The predicted molar refractivity (Wildman–Crippen MR) is 72.2 cm³/mol. The van der Waals surface area contributed by atoms with Gasteiger partial charge >= 0.3 is 0 Å². The number of thiophene rings is 1. The molecule has 1 aliphatic heterocycles. The number of hydrogen-bond acceptors (Lipinski definition) is 6. The van der Waals surface area contributed by atoms with Gasteiger partial charge < -0.3 is 9.64 Å². The van der Waals surface area contributed by atoms with E-state index in [1.165, 1.54) is 10.4 Å². The third kappa shape index (κ3) is 2.00. The maximum atomic E-state index is 5.38. The fourth-order valence-electron chi connectivity index (χ4n) is 1.99. The molecule has 0 radical (unpaired) electrons. The number of anilines is 1. The minimum Gasteiger partial charge on any atom is -0.378 e. The highest BCUT2D eigenvalue weighted by atomic mass is 32.2. The highest BCUT2D eigenvalue weighted by Crippen LogP contribution is 2.35. The standard InChI is InChI=1S/C11H13N3OS2/c1-16-11-10-9(12-7-13-11)8(6-17-10)14-2-4-15-5-3-14/h6-7H,2-5H2,1H3. The summed E-state index contributed by atoms with van der Waals surface area (Å²) in [5, 5.41) is 3.25. The Morgan fingerprint density at radius 3 is 2.94 bits per heavy atom. The molecule has 90 valence electrons. The molecule has 3 heterocycles. The second kappa shape index (κ2) is 4.80. The summed E-state index contributed by atoms with van der Waals surface area (Å²) in [6.45, 7) is 3.50. The normalized spacial score (nSPS) is 16.6. The van der Waals surface area contributed by atoms with Crippen LogP contribution < -0.4 is 4.90 Å². The SMILES string of the molecule is CSc1ncnc2c(N3CCOCC3)csc12. The summed E-state index contributed by atoms with van der Waals surface area (Å²) in [7, 11) is 0. The zero-order valence-electron chi connectivity index (χ0n) is 9.55. The molecular formula is C11H13N3OS2. The minimum atomic E-state index is 0.803. The van der Waals surface area contributed by atoms with Crippen LogP contribution in [0.25, 0.3) is 10.2 Å². The molecule has 6 heteroatoms. The van der Waals surface area contributed by atoms with Crippen LogP contribution in [0.15, 0.2) is 16.7 Å². The van der Waals surface area contributed by atoms with Crippen LogP contribution in [0.5, 0.6) is 0 Å². The molecule has 1 aliphatic rings. The topological polar surface area (TPSA) is 38.2 Å². The van der Waals surface area contributed by atoms with Crippen LogP contribution in [0.4, 0.5) is 5.69 Å². The van der Waals surface area contributed by atoms with E-state index in [0.29, 0.717) is 0 Å². The predicted octanol–water partition coefficient (Wildman–Crippen LogP) is 2.25. The van der Waals surface area contributed by atoms with Crippen LogP contribution >= 0.6 is 23.1 Å². The second-order valence-electron chi connectivity index (χ2n) is 3.78. The van der Waals surface area contributed by atoms with Crippen LogP contribution in [-0.2, 0) is 4.74 Å². The lowest BCUT2D eigenvalue weighted by Gasteiger charge is -2.27. The summed E-state index contributed by atoms with van der Waals surface area (Å²) in [6.07, 6.45) is 3.71. The number of morpholine rings is 1. The van der Waals surface area contributed by atoms with E-state index in [9.17, 15) is 0 Å². The van der Waals surface area contributed by atoms with E-state index < -0.39 is 0 Å². The van der Waals surface area contributed by atoms with Crippen molar-refractivity contribution in [2.75, 3.05) is 37.5 Å². The van der Waals surface area contributed by atoms with Crippen LogP contribution in [0, 0.1) is 0 Å². The van der Waals surface area contributed by atoms with Gasteiger partial charge in [0.05, 0.1) is 23.6 Å². The molecule has 0 amide bonds. The number of rotatable bonds is 2. The highest BCUT2D eigenvalue weighted by Gasteiger charge is 2.17. The number of hydrogen-bond donors (Lipinski definition) is 0. The van der Waals surface area contributed by atoms with Gasteiger partial charge in [0, 0.05) is 18.5 Å². The van der Waals surface area contributed by atoms with E-state index in [1.54, 1.807) is 29.4 Å². The van der Waals surface area contributed by atoms with Gasteiger partial charge in [-0.3, -0.25) is 0 Å². The van der Waals surface area contributed by atoms with E-state index in [4.69, 9.17) is 4.74 Å². The van der Waals surface area contributed by atoms with Crippen molar-refractivity contribution in [3.05, 3.63) is 11.7 Å². The van der Waals surface area contributed by atoms with E-state index in [0.717, 1.165) is 36.8 Å². The van der Waals surface area contributed by atoms with Crippen LogP contribution in [0.3, 0.4) is 0 Å². The van der Waals surface area contributed by atoms with Crippen molar-refractivity contribution in [3.63, 3.8) is 0 Å². The molecule has 0 spiro atoms. The maximum Gasteiger partial charge on any atom is 0.117 e. The lowest BCUT2D eigenvalue weighted by molar-refractivity contribution is 0.123. The fourth-order valence-corrected chi connectivity index (χ4v) is 3.73. The smallest absolute Gasteiger partial charge is 0.117 e. The Morgan fingerprint density at radius 1 is 1.35 bits per heavy atom. The van der Waals surface area contributed by atoms with E-state index in [2.05, 4.69) is 26.5 Å². The fraction of sp³-hybridized carbons (Fsp3) is 0.455. The second-order valence-corrected chi connectivity index (χ2v) is 5.46. The van der Waals surface area contributed by atoms with E-state index in [1.807, 2.05) is 0 Å². The molecule has 2 aromatic rings. The van der Waals surface area contributed by atoms with E-state index >= 15 is 0 Å². The molecular weight excluding hydrogens is 254 g/mol. The third-order valence-electron chi connectivity index (χ3n) is 2.85. The highest BCUT2D eigenvalue weighted by molar-refractivity contribution is 7.98. The molecule has 0 unspecified atom stereocenters. The molecule has 0 saturated carbocycles. The first kappa shape index (κ1) is 11.3. The van der Waals surface area contributed by atoms with Crippen molar-refractivity contribution in [2.45, 2.75) is 5.03 Å². The molecule has 1 fully saturated rings. The van der Waals surface area contributed by atoms with Gasteiger partial charge in [0.1, 0.15) is 16.9 Å². The Labute approximate surface area is 108 Å².